The summed E-state index contributed by atoms with van der Waals surface area (Å²) in [5.74, 6) is 0.519. The fourth-order valence-electron chi connectivity index (χ4n) is 3.34. The standard InChI is InChI=1S/C21H24F3N3O2.HI/c1-28-19-11-14(9-10-18(19)29-13-21(22,23)24)12-26-20(25)27-17-8-4-6-15-5-2-3-7-16(15)17;/h4,6,8-11H,2-3,5,7,12-13H2,1H3,(H3,25,26,27);1H. The second kappa shape index (κ2) is 10.7. The molecule has 164 valence electrons. The van der Waals surface area contributed by atoms with Crippen LogP contribution in [0.15, 0.2) is 41.4 Å². The van der Waals surface area contributed by atoms with Crippen LogP contribution in [0.5, 0.6) is 11.5 Å². The van der Waals surface area contributed by atoms with Crippen LogP contribution in [0, 0.1) is 0 Å². The first-order chi connectivity index (χ1) is 13.9. The van der Waals surface area contributed by atoms with Gasteiger partial charge in [0.2, 0.25) is 0 Å². The Bertz CT molecular complexity index is 888. The van der Waals surface area contributed by atoms with E-state index >= 15 is 0 Å². The number of nitrogens with zero attached hydrogens (tertiary/aromatic N) is 1. The lowest BCUT2D eigenvalue weighted by atomic mass is 9.90. The van der Waals surface area contributed by atoms with Crippen LogP contribution in [0.1, 0.15) is 29.5 Å². The lowest BCUT2D eigenvalue weighted by Crippen LogP contribution is -2.24. The normalized spacial score (nSPS) is 13.8. The third kappa shape index (κ3) is 6.68. The molecule has 1 aliphatic rings. The van der Waals surface area contributed by atoms with Crippen LogP contribution >= 0.6 is 24.0 Å². The number of aliphatic imine (C=N–C) groups is 1. The van der Waals surface area contributed by atoms with Gasteiger partial charge in [-0.25, -0.2) is 4.99 Å². The summed E-state index contributed by atoms with van der Waals surface area (Å²) in [6, 6.07) is 10.8. The van der Waals surface area contributed by atoms with E-state index < -0.39 is 12.8 Å². The Morgan fingerprint density at radius 1 is 1.13 bits per heavy atom. The maximum atomic E-state index is 12.3. The van der Waals surface area contributed by atoms with Crippen molar-refractivity contribution in [1.82, 2.24) is 0 Å². The molecule has 0 aromatic heterocycles. The number of nitrogens with two attached hydrogens (primary N) is 1. The maximum Gasteiger partial charge on any atom is 0.422 e. The third-order valence-electron chi connectivity index (χ3n) is 4.71. The number of anilines is 1. The Balaban J connectivity index is 0.00000320. The lowest BCUT2D eigenvalue weighted by molar-refractivity contribution is -0.153. The molecule has 0 unspecified atom stereocenters. The third-order valence-corrected chi connectivity index (χ3v) is 4.71. The van der Waals surface area contributed by atoms with Gasteiger partial charge in [0.15, 0.2) is 24.1 Å². The van der Waals surface area contributed by atoms with E-state index in [4.69, 9.17) is 15.2 Å². The zero-order valence-electron chi connectivity index (χ0n) is 16.6. The zero-order valence-corrected chi connectivity index (χ0v) is 18.9. The van der Waals surface area contributed by atoms with Crippen LogP contribution in [0.3, 0.4) is 0 Å². The minimum Gasteiger partial charge on any atom is -0.493 e. The second-order valence-corrected chi connectivity index (χ2v) is 6.87. The Hall–Kier alpha value is -2.17. The van der Waals surface area contributed by atoms with Crippen LogP contribution in [0.4, 0.5) is 18.9 Å². The van der Waals surface area contributed by atoms with Crippen molar-refractivity contribution in [2.24, 2.45) is 10.7 Å². The Morgan fingerprint density at radius 3 is 2.63 bits per heavy atom. The minimum absolute atomic E-state index is 0. The average molecular weight is 535 g/mol. The number of ether oxygens (including phenoxy) is 2. The van der Waals surface area contributed by atoms with Gasteiger partial charge in [-0.1, -0.05) is 18.2 Å². The van der Waals surface area contributed by atoms with Gasteiger partial charge in [-0.3, -0.25) is 0 Å². The summed E-state index contributed by atoms with van der Waals surface area (Å²) < 4.78 is 46.9. The van der Waals surface area contributed by atoms with E-state index in [0.717, 1.165) is 30.5 Å². The zero-order chi connectivity index (χ0) is 20.9. The SMILES string of the molecule is COc1cc(CN=C(N)Nc2cccc3c2CCCC3)ccc1OCC(F)(F)F.I. The quantitative estimate of drug-likeness (QED) is 0.309. The van der Waals surface area contributed by atoms with E-state index in [9.17, 15) is 13.2 Å². The first-order valence-corrected chi connectivity index (χ1v) is 9.40. The van der Waals surface area contributed by atoms with Crippen molar-refractivity contribution in [3.05, 3.63) is 53.1 Å². The summed E-state index contributed by atoms with van der Waals surface area (Å²) in [4.78, 5) is 4.34. The fourth-order valence-corrected chi connectivity index (χ4v) is 3.34. The molecule has 1 aliphatic carbocycles. The number of fused-ring (bicyclic) bond motifs is 1. The summed E-state index contributed by atoms with van der Waals surface area (Å²) in [6.07, 6.45) is 0.0351. The molecule has 9 heteroatoms. The van der Waals surface area contributed by atoms with Gasteiger partial charge < -0.3 is 20.5 Å². The molecule has 0 spiro atoms. The molecule has 3 rings (SSSR count). The molecule has 0 atom stereocenters. The highest BCUT2D eigenvalue weighted by atomic mass is 127. The smallest absolute Gasteiger partial charge is 0.422 e. The number of guanidine groups is 1. The number of hydrogen-bond donors (Lipinski definition) is 2. The lowest BCUT2D eigenvalue weighted by Gasteiger charge is -2.19. The molecule has 0 radical (unpaired) electrons. The van der Waals surface area contributed by atoms with E-state index in [-0.39, 0.29) is 48.0 Å². The molecule has 2 aromatic carbocycles. The number of alkyl halides is 3. The second-order valence-electron chi connectivity index (χ2n) is 6.87. The highest BCUT2D eigenvalue weighted by Crippen LogP contribution is 2.30. The maximum absolute atomic E-state index is 12.3. The Kier molecular flexibility index (Phi) is 8.63. The molecule has 2 aromatic rings. The molecule has 0 bridgehead atoms. The van der Waals surface area contributed by atoms with E-state index in [1.807, 2.05) is 12.1 Å². The van der Waals surface area contributed by atoms with E-state index in [1.165, 1.54) is 30.7 Å². The van der Waals surface area contributed by atoms with Gasteiger partial charge in [0, 0.05) is 5.69 Å². The van der Waals surface area contributed by atoms with Crippen molar-refractivity contribution in [2.45, 2.75) is 38.4 Å². The van der Waals surface area contributed by atoms with Gasteiger partial charge in [-0.2, -0.15) is 13.2 Å². The fraction of sp³-hybridized carbons (Fsp3) is 0.381. The highest BCUT2D eigenvalue weighted by molar-refractivity contribution is 14.0. The van der Waals surface area contributed by atoms with Crippen molar-refractivity contribution in [3.8, 4) is 11.5 Å². The van der Waals surface area contributed by atoms with E-state index in [0.29, 0.717) is 0 Å². The number of aryl methyl sites for hydroxylation is 1. The molecular weight excluding hydrogens is 510 g/mol. The van der Waals surface area contributed by atoms with Gasteiger partial charge in [-0.15, -0.1) is 24.0 Å². The molecule has 0 aliphatic heterocycles. The number of methoxy groups -OCH3 is 1. The Labute approximate surface area is 190 Å². The predicted molar refractivity (Wildman–Crippen MR) is 122 cm³/mol. The van der Waals surface area contributed by atoms with Crippen LogP contribution in [0.25, 0.3) is 0 Å². The summed E-state index contributed by atoms with van der Waals surface area (Å²) in [5.41, 5.74) is 10.4. The van der Waals surface area contributed by atoms with E-state index in [1.54, 1.807) is 12.1 Å². The summed E-state index contributed by atoms with van der Waals surface area (Å²) in [6.45, 7) is -1.12. The van der Waals surface area contributed by atoms with E-state index in [2.05, 4.69) is 16.4 Å². The molecule has 0 fully saturated rings. The van der Waals surface area contributed by atoms with Gasteiger partial charge in [0.25, 0.3) is 0 Å². The summed E-state index contributed by atoms with van der Waals surface area (Å²) in [5, 5.41) is 3.16. The van der Waals surface area contributed by atoms with Crippen molar-refractivity contribution in [3.63, 3.8) is 0 Å². The van der Waals surface area contributed by atoms with Gasteiger partial charge in [-0.05, 0) is 60.6 Å². The number of rotatable bonds is 6. The Morgan fingerprint density at radius 2 is 1.90 bits per heavy atom. The van der Waals surface area contributed by atoms with Crippen LogP contribution < -0.4 is 20.5 Å². The largest absolute Gasteiger partial charge is 0.493 e. The first-order valence-electron chi connectivity index (χ1n) is 9.40. The average Bonchev–Trinajstić information content (AvgIpc) is 2.70. The van der Waals surface area contributed by atoms with Crippen LogP contribution in [-0.2, 0) is 19.4 Å². The number of nitrogens with one attached hydrogen (secondary N) is 1. The first kappa shape index (κ1) is 24.1. The molecular formula is C21H25F3IN3O2. The van der Waals surface area contributed by atoms with Crippen molar-refractivity contribution >= 4 is 35.6 Å². The van der Waals surface area contributed by atoms with Crippen molar-refractivity contribution < 1.29 is 22.6 Å². The number of hydrogen-bond acceptors (Lipinski definition) is 3. The molecule has 0 saturated heterocycles. The molecule has 30 heavy (non-hydrogen) atoms. The molecule has 0 saturated carbocycles. The number of halogens is 4. The predicted octanol–water partition coefficient (Wildman–Crippen LogP) is 5.06. The van der Waals surface area contributed by atoms with Crippen molar-refractivity contribution in [2.75, 3.05) is 19.0 Å². The monoisotopic (exact) mass is 535 g/mol. The minimum atomic E-state index is -4.41. The summed E-state index contributed by atoms with van der Waals surface area (Å²) in [7, 11) is 1.37. The molecule has 3 N–H and O–H groups in total. The molecule has 0 heterocycles. The number of benzene rings is 2. The van der Waals surface area contributed by atoms with Crippen LogP contribution in [-0.4, -0.2) is 25.9 Å². The van der Waals surface area contributed by atoms with Gasteiger partial charge in [0.1, 0.15) is 0 Å². The topological polar surface area (TPSA) is 68.9 Å². The van der Waals surface area contributed by atoms with Gasteiger partial charge >= 0.3 is 6.18 Å². The van der Waals surface area contributed by atoms with Crippen molar-refractivity contribution in [1.29, 1.82) is 0 Å². The molecule has 5 nitrogen and oxygen atoms in total. The molecule has 0 amide bonds. The van der Waals surface area contributed by atoms with Crippen LogP contribution in [0.2, 0.25) is 0 Å². The highest BCUT2D eigenvalue weighted by Gasteiger charge is 2.29. The summed E-state index contributed by atoms with van der Waals surface area (Å²) >= 11 is 0. The van der Waals surface area contributed by atoms with Gasteiger partial charge in [0.05, 0.1) is 13.7 Å².